The third-order valence-electron chi connectivity index (χ3n) is 3.08. The number of hydrogen-bond donors (Lipinski definition) is 1. The Labute approximate surface area is 112 Å². The van der Waals surface area contributed by atoms with E-state index in [-0.39, 0.29) is 6.17 Å². The van der Waals surface area contributed by atoms with Gasteiger partial charge in [-0.3, -0.25) is 0 Å². The average molecular weight is 252 g/mol. The quantitative estimate of drug-likeness (QED) is 0.777. The zero-order chi connectivity index (χ0) is 13.2. The van der Waals surface area contributed by atoms with E-state index in [0.717, 1.165) is 16.7 Å². The van der Waals surface area contributed by atoms with Crippen LogP contribution in [0.3, 0.4) is 0 Å². The predicted octanol–water partition coefficient (Wildman–Crippen LogP) is 3.37. The normalized spacial score (nSPS) is 12.5. The van der Waals surface area contributed by atoms with Crippen LogP contribution in [0.4, 0.5) is 5.69 Å². The van der Waals surface area contributed by atoms with E-state index < -0.39 is 0 Å². The molecule has 3 aromatic rings. The SMILES string of the molecule is Cc1ccc(NC(C)n2nc3ccccc3n2)cc1. The van der Waals surface area contributed by atoms with E-state index in [1.165, 1.54) is 5.56 Å². The molecule has 4 heteroatoms. The lowest BCUT2D eigenvalue weighted by Crippen LogP contribution is -2.17. The summed E-state index contributed by atoms with van der Waals surface area (Å²) in [6.07, 6.45) is 0.00936. The van der Waals surface area contributed by atoms with Crippen molar-refractivity contribution < 1.29 is 0 Å². The summed E-state index contributed by atoms with van der Waals surface area (Å²) < 4.78 is 0. The number of fused-ring (bicyclic) bond motifs is 1. The molecule has 0 spiro atoms. The zero-order valence-electron chi connectivity index (χ0n) is 11.0. The van der Waals surface area contributed by atoms with E-state index in [9.17, 15) is 0 Å². The third-order valence-corrected chi connectivity index (χ3v) is 3.08. The summed E-state index contributed by atoms with van der Waals surface area (Å²) in [6.45, 7) is 4.12. The maximum atomic E-state index is 4.47. The molecule has 0 aliphatic carbocycles. The Morgan fingerprint density at radius 1 is 0.947 bits per heavy atom. The number of nitrogens with zero attached hydrogens (tertiary/aromatic N) is 3. The molecule has 1 unspecified atom stereocenters. The first kappa shape index (κ1) is 11.7. The van der Waals surface area contributed by atoms with Gasteiger partial charge in [0.1, 0.15) is 17.2 Å². The van der Waals surface area contributed by atoms with Gasteiger partial charge in [-0.1, -0.05) is 29.8 Å². The first-order valence-electron chi connectivity index (χ1n) is 6.37. The summed E-state index contributed by atoms with van der Waals surface area (Å²) >= 11 is 0. The fourth-order valence-electron chi connectivity index (χ4n) is 2.00. The Balaban J connectivity index is 1.83. The Morgan fingerprint density at radius 2 is 1.53 bits per heavy atom. The second-order valence-electron chi connectivity index (χ2n) is 4.70. The molecule has 96 valence electrons. The average Bonchev–Trinajstić information content (AvgIpc) is 2.85. The van der Waals surface area contributed by atoms with Gasteiger partial charge >= 0.3 is 0 Å². The topological polar surface area (TPSA) is 42.7 Å². The molecule has 1 atom stereocenters. The van der Waals surface area contributed by atoms with Crippen LogP contribution < -0.4 is 5.32 Å². The van der Waals surface area contributed by atoms with Gasteiger partial charge in [0.25, 0.3) is 0 Å². The van der Waals surface area contributed by atoms with Crippen molar-refractivity contribution in [3.8, 4) is 0 Å². The van der Waals surface area contributed by atoms with E-state index in [0.29, 0.717) is 0 Å². The summed E-state index contributed by atoms with van der Waals surface area (Å²) in [5.74, 6) is 0. The van der Waals surface area contributed by atoms with Gasteiger partial charge in [0, 0.05) is 5.69 Å². The van der Waals surface area contributed by atoms with Crippen LogP contribution in [-0.2, 0) is 0 Å². The Morgan fingerprint density at radius 3 is 2.11 bits per heavy atom. The molecule has 2 aromatic carbocycles. The number of hydrogen-bond acceptors (Lipinski definition) is 3. The van der Waals surface area contributed by atoms with Crippen LogP contribution in [0.1, 0.15) is 18.7 Å². The smallest absolute Gasteiger partial charge is 0.137 e. The van der Waals surface area contributed by atoms with Gasteiger partial charge in [0.05, 0.1) is 0 Å². The molecule has 1 N–H and O–H groups in total. The van der Waals surface area contributed by atoms with Crippen molar-refractivity contribution in [2.75, 3.05) is 5.32 Å². The lowest BCUT2D eigenvalue weighted by atomic mass is 10.2. The fraction of sp³-hybridized carbons (Fsp3) is 0.200. The van der Waals surface area contributed by atoms with Gasteiger partial charge in [0.15, 0.2) is 0 Å². The van der Waals surface area contributed by atoms with E-state index in [4.69, 9.17) is 0 Å². The van der Waals surface area contributed by atoms with E-state index >= 15 is 0 Å². The maximum Gasteiger partial charge on any atom is 0.137 e. The minimum atomic E-state index is 0.00936. The first-order valence-corrected chi connectivity index (χ1v) is 6.37. The van der Waals surface area contributed by atoms with Crippen molar-refractivity contribution in [3.63, 3.8) is 0 Å². The van der Waals surface area contributed by atoms with Crippen LogP contribution in [0.15, 0.2) is 48.5 Å². The number of anilines is 1. The summed E-state index contributed by atoms with van der Waals surface area (Å²) in [5.41, 5.74) is 4.15. The minimum Gasteiger partial charge on any atom is -0.363 e. The van der Waals surface area contributed by atoms with Gasteiger partial charge in [-0.2, -0.15) is 15.0 Å². The highest BCUT2D eigenvalue weighted by Gasteiger charge is 2.08. The monoisotopic (exact) mass is 252 g/mol. The first-order chi connectivity index (χ1) is 9.22. The number of aryl methyl sites for hydroxylation is 1. The molecule has 0 radical (unpaired) electrons. The summed E-state index contributed by atoms with van der Waals surface area (Å²) in [7, 11) is 0. The minimum absolute atomic E-state index is 0.00936. The van der Waals surface area contributed by atoms with Crippen molar-refractivity contribution in [1.29, 1.82) is 0 Å². The summed E-state index contributed by atoms with van der Waals surface area (Å²) in [6, 6.07) is 16.2. The Hall–Kier alpha value is -2.36. The molecule has 19 heavy (non-hydrogen) atoms. The number of nitrogens with one attached hydrogen (secondary N) is 1. The van der Waals surface area contributed by atoms with E-state index in [1.54, 1.807) is 4.80 Å². The largest absolute Gasteiger partial charge is 0.363 e. The van der Waals surface area contributed by atoms with Crippen molar-refractivity contribution in [2.24, 2.45) is 0 Å². The zero-order valence-corrected chi connectivity index (χ0v) is 11.0. The summed E-state index contributed by atoms with van der Waals surface area (Å²) in [5, 5.41) is 12.3. The molecule has 1 heterocycles. The van der Waals surface area contributed by atoms with Crippen LogP contribution in [0.5, 0.6) is 0 Å². The highest BCUT2D eigenvalue weighted by atomic mass is 15.5. The molecule has 4 nitrogen and oxygen atoms in total. The van der Waals surface area contributed by atoms with Crippen LogP contribution in [0.2, 0.25) is 0 Å². The van der Waals surface area contributed by atoms with Gasteiger partial charge in [-0.05, 0) is 38.1 Å². The standard InChI is InChI=1S/C15H16N4/c1-11-7-9-13(10-8-11)16-12(2)19-17-14-5-3-4-6-15(14)18-19/h3-10,12,16H,1-2H3. The molecular formula is C15H16N4. The van der Waals surface area contributed by atoms with Gasteiger partial charge in [-0.25, -0.2) is 0 Å². The third kappa shape index (κ3) is 2.42. The fourth-order valence-corrected chi connectivity index (χ4v) is 2.00. The van der Waals surface area contributed by atoms with Crippen molar-refractivity contribution in [2.45, 2.75) is 20.0 Å². The molecule has 0 aliphatic rings. The lowest BCUT2D eigenvalue weighted by Gasteiger charge is -2.14. The summed E-state index contributed by atoms with van der Waals surface area (Å²) in [4.78, 5) is 1.71. The molecule has 0 saturated heterocycles. The van der Waals surface area contributed by atoms with Crippen LogP contribution >= 0.6 is 0 Å². The lowest BCUT2D eigenvalue weighted by molar-refractivity contribution is 0.483. The number of rotatable bonds is 3. The van der Waals surface area contributed by atoms with Crippen molar-refractivity contribution in [1.82, 2.24) is 15.0 Å². The molecule has 1 aromatic heterocycles. The van der Waals surface area contributed by atoms with Crippen LogP contribution in [0, 0.1) is 6.92 Å². The van der Waals surface area contributed by atoms with Gasteiger partial charge in [-0.15, -0.1) is 0 Å². The molecule has 0 bridgehead atoms. The highest BCUT2D eigenvalue weighted by molar-refractivity contribution is 5.73. The molecule has 0 fully saturated rings. The van der Waals surface area contributed by atoms with Gasteiger partial charge < -0.3 is 5.32 Å². The Bertz CT molecular complexity index is 652. The van der Waals surface area contributed by atoms with Crippen LogP contribution in [-0.4, -0.2) is 15.0 Å². The number of benzene rings is 2. The molecule has 3 rings (SSSR count). The van der Waals surface area contributed by atoms with Gasteiger partial charge in [0.2, 0.25) is 0 Å². The van der Waals surface area contributed by atoms with Crippen molar-refractivity contribution >= 4 is 16.7 Å². The van der Waals surface area contributed by atoms with Crippen molar-refractivity contribution in [3.05, 3.63) is 54.1 Å². The highest BCUT2D eigenvalue weighted by Crippen LogP contribution is 2.15. The maximum absolute atomic E-state index is 4.47. The molecule has 0 aliphatic heterocycles. The van der Waals surface area contributed by atoms with Crippen LogP contribution in [0.25, 0.3) is 11.0 Å². The number of aromatic nitrogens is 3. The second-order valence-corrected chi connectivity index (χ2v) is 4.70. The predicted molar refractivity (Wildman–Crippen MR) is 77.0 cm³/mol. The molecular weight excluding hydrogens is 236 g/mol. The van der Waals surface area contributed by atoms with E-state index in [1.807, 2.05) is 31.2 Å². The molecule has 0 saturated carbocycles. The second kappa shape index (κ2) is 4.72. The Kier molecular flexibility index (Phi) is 2.91. The molecule has 0 amide bonds. The van der Waals surface area contributed by atoms with E-state index in [2.05, 4.69) is 46.7 Å².